The zero-order valence-electron chi connectivity index (χ0n) is 10.0. The first-order valence-corrected chi connectivity index (χ1v) is 4.21. The Kier molecular flexibility index (Phi) is 51.4. The third-order valence-electron chi connectivity index (χ3n) is 0.918. The van der Waals surface area contributed by atoms with Gasteiger partial charge in [0.15, 0.2) is 6.40 Å². The number of hydrogen-bond donors (Lipinski definition) is 0. The zero-order valence-corrected chi connectivity index (χ0v) is 10.0. The van der Waals surface area contributed by atoms with Gasteiger partial charge in [0.25, 0.3) is 0 Å². The van der Waals surface area contributed by atoms with E-state index in [2.05, 4.69) is 18.8 Å². The third-order valence-corrected chi connectivity index (χ3v) is 0.918. The number of rotatable bonds is 0. The second-order valence-electron chi connectivity index (χ2n) is 3.03. The minimum absolute atomic E-state index is 0. The molecule has 1 aliphatic heterocycles. The maximum absolute atomic E-state index is 8.00. The quantitative estimate of drug-likeness (QED) is 0.576. The second kappa shape index (κ2) is 29.4. The van der Waals surface area contributed by atoms with Crippen LogP contribution in [0.2, 0.25) is 0 Å². The minimum atomic E-state index is -0.0278. The molecular formula is C8H18F7NO. The molecule has 0 atom stereocenters. The Hall–Kier alpha value is -1.02. The van der Waals surface area contributed by atoms with Gasteiger partial charge in [-0.1, -0.05) is 20.3 Å². The van der Waals surface area contributed by atoms with Crippen LogP contribution >= 0.6 is 0 Å². The topological polar surface area (TPSA) is 21.6 Å². The van der Waals surface area contributed by atoms with E-state index in [1.807, 2.05) is 13.8 Å². The Bertz CT molecular complexity index is 114. The molecule has 0 spiro atoms. The highest BCUT2D eigenvalue weighted by Gasteiger charge is 2.20. The molecule has 0 N–H and O–H groups in total. The normalized spacial score (nSPS) is 12.4. The molecule has 1 heterocycles. The summed E-state index contributed by atoms with van der Waals surface area (Å²) in [5, 5.41) is 0. The average molecular weight is 277 g/mol. The highest BCUT2D eigenvalue weighted by atomic mass is 20.0. The van der Waals surface area contributed by atoms with Gasteiger partial charge in [0.05, 0.1) is 6.54 Å². The summed E-state index contributed by atoms with van der Waals surface area (Å²) in [6.45, 7) is 9.08. The van der Waals surface area contributed by atoms with Crippen LogP contribution in [0.4, 0.5) is 32.1 Å². The fraction of sp³-hybridized carbons (Fsp3) is 0.875. The molecule has 0 aromatic rings. The van der Waals surface area contributed by atoms with Crippen molar-refractivity contribution in [3.63, 3.8) is 0 Å². The molecule has 9 heteroatoms. The van der Waals surface area contributed by atoms with Crippen molar-refractivity contribution in [2.75, 3.05) is 6.54 Å². The van der Waals surface area contributed by atoms with Crippen molar-refractivity contribution < 1.29 is 36.9 Å². The number of halogens is 7. The number of aliphatic imine (C=N–C) groups is 1. The molecule has 0 unspecified atom stereocenters. The van der Waals surface area contributed by atoms with Gasteiger partial charge in [-0.3, -0.25) is 9.70 Å². The highest BCUT2D eigenvalue weighted by molar-refractivity contribution is 5.49. The predicted octanol–water partition coefficient (Wildman–Crippen LogP) is 4.91. The lowest BCUT2D eigenvalue weighted by Gasteiger charge is -2.13. The van der Waals surface area contributed by atoms with Gasteiger partial charge in [-0.2, -0.15) is 0 Å². The van der Waals surface area contributed by atoms with Gasteiger partial charge in [-0.05, 0) is 13.8 Å². The summed E-state index contributed by atoms with van der Waals surface area (Å²) >= 11 is 0. The molecule has 1 rings (SSSR count). The monoisotopic (exact) mass is 277 g/mol. The molecule has 0 aromatic heterocycles. The summed E-state index contributed by atoms with van der Waals surface area (Å²) in [5.41, 5.74) is -0.0278. The van der Waals surface area contributed by atoms with Crippen LogP contribution in [0.5, 0.6) is 0 Å². The van der Waals surface area contributed by atoms with E-state index in [-0.39, 0.29) is 10.3 Å². The maximum atomic E-state index is 8.00. The van der Waals surface area contributed by atoms with E-state index in [0.29, 0.717) is 0 Å². The molecule has 0 saturated heterocycles. The van der Waals surface area contributed by atoms with E-state index in [9.17, 15) is 0 Å². The molecular weight excluding hydrogens is 259 g/mol. The van der Waals surface area contributed by atoms with Gasteiger partial charge in [-0.15, -0.1) is 0 Å². The molecule has 0 fully saturated rings. The van der Waals surface area contributed by atoms with Crippen LogP contribution in [0, 0.1) is 0 Å². The van der Waals surface area contributed by atoms with Gasteiger partial charge in [0.1, 0.15) is 5.60 Å². The molecule has 2 nitrogen and oxygen atoms in total. The molecule has 110 valence electrons. The molecule has 0 amide bonds. The van der Waals surface area contributed by atoms with Crippen LogP contribution < -0.4 is 0 Å². The molecule has 1 aliphatic rings. The van der Waals surface area contributed by atoms with Crippen LogP contribution in [0.25, 0.3) is 0 Å². The smallest absolute Gasteiger partial charge is 0.170 e. The van der Waals surface area contributed by atoms with Crippen molar-refractivity contribution in [1.82, 2.24) is 0 Å². The first kappa shape index (κ1) is 29.7. The molecule has 0 aromatic carbocycles. The van der Waals surface area contributed by atoms with E-state index < -0.39 is 0 Å². The van der Waals surface area contributed by atoms with E-state index in [0.717, 1.165) is 6.54 Å². The summed E-state index contributed by atoms with van der Waals surface area (Å²) < 4.78 is 53.0. The molecule has 0 saturated carbocycles. The predicted molar refractivity (Wildman–Crippen MR) is 53.6 cm³/mol. The van der Waals surface area contributed by atoms with Crippen molar-refractivity contribution in [2.24, 2.45) is 4.99 Å². The Morgan fingerprint density at radius 3 is 1.41 bits per heavy atom. The van der Waals surface area contributed by atoms with E-state index >= 15 is 0 Å². The first-order chi connectivity index (χ1) is 7.62. The van der Waals surface area contributed by atoms with Crippen LogP contribution in [-0.2, 0) is 4.74 Å². The van der Waals surface area contributed by atoms with Gasteiger partial charge in [0, 0.05) is 27.4 Å². The fourth-order valence-corrected chi connectivity index (χ4v) is 0.474. The lowest BCUT2D eigenvalue weighted by atomic mass is 10.1. The Balaban J connectivity index is -0.0000000417. The lowest BCUT2D eigenvalue weighted by molar-refractivity contribution is 0.108. The van der Waals surface area contributed by atoms with Crippen molar-refractivity contribution in [3.8, 4) is 0 Å². The van der Waals surface area contributed by atoms with Gasteiger partial charge in [-0.25, -0.2) is 0 Å². The molecule has 17 heavy (non-hydrogen) atoms. The SMILES string of the molecule is CC1(C)CN=CO1.CCC.F.FF.FF.FF. The second-order valence-corrected chi connectivity index (χ2v) is 3.03. The van der Waals surface area contributed by atoms with Crippen LogP contribution in [0.15, 0.2) is 4.99 Å². The summed E-state index contributed by atoms with van der Waals surface area (Å²) in [4.78, 5) is 3.89. The highest BCUT2D eigenvalue weighted by Crippen LogP contribution is 2.11. The van der Waals surface area contributed by atoms with E-state index in [4.69, 9.17) is 32.2 Å². The van der Waals surface area contributed by atoms with Crippen molar-refractivity contribution in [2.45, 2.75) is 39.7 Å². The Morgan fingerprint density at radius 2 is 1.35 bits per heavy atom. The minimum Gasteiger partial charge on any atom is -0.476 e. The van der Waals surface area contributed by atoms with Gasteiger partial charge >= 0.3 is 0 Å². The summed E-state index contributed by atoms with van der Waals surface area (Å²) in [6.07, 6.45) is 2.76. The summed E-state index contributed by atoms with van der Waals surface area (Å²) in [5.74, 6) is 0. The largest absolute Gasteiger partial charge is 0.476 e. The first-order valence-electron chi connectivity index (χ1n) is 4.21. The standard InChI is InChI=1S/C5H9NO.C3H8.3F2.FH/c1-5(2)3-6-4-7-5;1-3-2;3*1-2;/h4H,3H2,1-2H3;3H2,1-2H3;;;;1H. The van der Waals surface area contributed by atoms with Crippen molar-refractivity contribution >= 4 is 6.40 Å². The average Bonchev–Trinajstić information content (AvgIpc) is 2.73. The molecule has 0 radical (unpaired) electrons. The lowest BCUT2D eigenvalue weighted by Crippen LogP contribution is -2.21. The Labute approximate surface area is 95.6 Å². The third kappa shape index (κ3) is 39.6. The molecule has 0 bridgehead atoms. The fourth-order valence-electron chi connectivity index (χ4n) is 0.474. The summed E-state index contributed by atoms with van der Waals surface area (Å²) in [6, 6.07) is 0. The number of ether oxygens (including phenoxy) is 1. The number of nitrogens with zero attached hydrogens (tertiary/aromatic N) is 1. The number of hydrogen-bond acceptors (Lipinski definition) is 2. The van der Waals surface area contributed by atoms with Crippen LogP contribution in [-0.4, -0.2) is 18.5 Å². The maximum Gasteiger partial charge on any atom is 0.170 e. The Morgan fingerprint density at radius 1 is 1.06 bits per heavy atom. The molecule has 0 aliphatic carbocycles. The van der Waals surface area contributed by atoms with E-state index in [1.54, 1.807) is 0 Å². The van der Waals surface area contributed by atoms with Gasteiger partial charge < -0.3 is 4.74 Å². The van der Waals surface area contributed by atoms with Crippen molar-refractivity contribution in [3.05, 3.63) is 0 Å². The zero-order chi connectivity index (χ0) is 14.0. The van der Waals surface area contributed by atoms with Crippen LogP contribution in [0.3, 0.4) is 0 Å². The van der Waals surface area contributed by atoms with Gasteiger partial charge in [0.2, 0.25) is 0 Å². The van der Waals surface area contributed by atoms with E-state index in [1.165, 1.54) is 12.8 Å². The summed E-state index contributed by atoms with van der Waals surface area (Å²) in [7, 11) is 0. The van der Waals surface area contributed by atoms with Crippen LogP contribution in [0.1, 0.15) is 34.1 Å². The van der Waals surface area contributed by atoms with Crippen molar-refractivity contribution in [1.29, 1.82) is 0 Å².